The zero-order chi connectivity index (χ0) is 19.1. The Kier molecular flexibility index (Phi) is 6.87. The van der Waals surface area contributed by atoms with Crippen LogP contribution >= 0.6 is 11.3 Å². The molecule has 1 atom stereocenters. The molecule has 1 aliphatic carbocycles. The molecule has 1 heterocycles. The molecule has 1 saturated carbocycles. The first kappa shape index (κ1) is 19.4. The highest BCUT2D eigenvalue weighted by molar-refractivity contribution is 7.10. The zero-order valence-corrected chi connectivity index (χ0v) is 16.4. The van der Waals surface area contributed by atoms with Gasteiger partial charge in [-0.05, 0) is 61.4 Å². The first-order valence-corrected chi connectivity index (χ1v) is 10.4. The van der Waals surface area contributed by atoms with Gasteiger partial charge < -0.3 is 15.4 Å². The molecule has 1 aromatic heterocycles. The number of ether oxygens (including phenoxy) is 1. The van der Waals surface area contributed by atoms with Crippen molar-refractivity contribution in [1.82, 2.24) is 10.6 Å². The molecule has 0 spiro atoms. The Balaban J connectivity index is 1.53. The highest BCUT2D eigenvalue weighted by Crippen LogP contribution is 2.37. The van der Waals surface area contributed by atoms with Gasteiger partial charge in [0.1, 0.15) is 5.75 Å². The molecule has 27 heavy (non-hydrogen) atoms. The summed E-state index contributed by atoms with van der Waals surface area (Å²) in [6.07, 6.45) is 4.72. The van der Waals surface area contributed by atoms with Gasteiger partial charge in [0, 0.05) is 10.4 Å². The SMILES string of the molecule is CCOc1ccc(C(=O)NCC(=O)NC(c2cccs2)C2CCCC2)cc1. The first-order chi connectivity index (χ1) is 13.2. The monoisotopic (exact) mass is 386 g/mol. The Labute approximate surface area is 164 Å². The lowest BCUT2D eigenvalue weighted by Crippen LogP contribution is -2.40. The van der Waals surface area contributed by atoms with Crippen molar-refractivity contribution in [3.63, 3.8) is 0 Å². The van der Waals surface area contributed by atoms with E-state index in [2.05, 4.69) is 16.7 Å². The predicted octanol–water partition coefficient (Wildman–Crippen LogP) is 3.92. The van der Waals surface area contributed by atoms with Crippen LogP contribution < -0.4 is 15.4 Å². The van der Waals surface area contributed by atoms with Crippen molar-refractivity contribution in [3.05, 3.63) is 52.2 Å². The van der Waals surface area contributed by atoms with Crippen molar-refractivity contribution >= 4 is 23.2 Å². The summed E-state index contributed by atoms with van der Waals surface area (Å²) in [5.41, 5.74) is 0.511. The Morgan fingerprint density at radius 1 is 1.19 bits per heavy atom. The fourth-order valence-corrected chi connectivity index (χ4v) is 4.41. The molecule has 1 aromatic carbocycles. The second-order valence-corrected chi connectivity index (χ2v) is 7.72. The van der Waals surface area contributed by atoms with Gasteiger partial charge in [0.05, 0.1) is 19.2 Å². The van der Waals surface area contributed by atoms with E-state index >= 15 is 0 Å². The van der Waals surface area contributed by atoms with Crippen LogP contribution in [0.1, 0.15) is 53.9 Å². The molecular formula is C21H26N2O3S. The average molecular weight is 387 g/mol. The van der Waals surface area contributed by atoms with Gasteiger partial charge in [-0.3, -0.25) is 9.59 Å². The lowest BCUT2D eigenvalue weighted by Gasteiger charge is -2.24. The number of amides is 2. The minimum atomic E-state index is -0.262. The number of rotatable bonds is 8. The topological polar surface area (TPSA) is 67.4 Å². The Morgan fingerprint density at radius 2 is 1.93 bits per heavy atom. The Bertz CT molecular complexity index is 737. The zero-order valence-electron chi connectivity index (χ0n) is 15.6. The first-order valence-electron chi connectivity index (χ1n) is 9.51. The maximum atomic E-state index is 12.4. The van der Waals surface area contributed by atoms with Crippen LogP contribution in [0.4, 0.5) is 0 Å². The molecule has 144 valence electrons. The van der Waals surface area contributed by atoms with Crippen molar-refractivity contribution in [2.75, 3.05) is 13.2 Å². The third-order valence-electron chi connectivity index (χ3n) is 4.87. The number of carbonyl (C=O) groups is 2. The lowest BCUT2D eigenvalue weighted by molar-refractivity contribution is -0.121. The van der Waals surface area contributed by atoms with Crippen LogP contribution in [0.5, 0.6) is 5.75 Å². The second kappa shape index (κ2) is 9.55. The van der Waals surface area contributed by atoms with Gasteiger partial charge in [-0.1, -0.05) is 18.9 Å². The lowest BCUT2D eigenvalue weighted by atomic mass is 9.96. The summed E-state index contributed by atoms with van der Waals surface area (Å²) in [6.45, 7) is 2.47. The van der Waals surface area contributed by atoms with E-state index in [-0.39, 0.29) is 24.4 Å². The van der Waals surface area contributed by atoms with Crippen LogP contribution in [0.15, 0.2) is 41.8 Å². The fraction of sp³-hybridized carbons (Fsp3) is 0.429. The van der Waals surface area contributed by atoms with Gasteiger partial charge in [-0.2, -0.15) is 0 Å². The van der Waals surface area contributed by atoms with E-state index in [1.165, 1.54) is 17.7 Å². The molecule has 3 rings (SSSR count). The number of benzene rings is 1. The van der Waals surface area contributed by atoms with E-state index in [0.29, 0.717) is 18.1 Å². The van der Waals surface area contributed by atoms with Crippen molar-refractivity contribution in [3.8, 4) is 5.75 Å². The quantitative estimate of drug-likeness (QED) is 0.722. The summed E-state index contributed by atoms with van der Waals surface area (Å²) >= 11 is 1.67. The average Bonchev–Trinajstić information content (AvgIpc) is 3.39. The summed E-state index contributed by atoms with van der Waals surface area (Å²) in [6, 6.07) is 11.0. The molecule has 6 heteroatoms. The maximum absolute atomic E-state index is 12.4. The van der Waals surface area contributed by atoms with E-state index in [0.717, 1.165) is 18.6 Å². The molecule has 0 aliphatic heterocycles. The predicted molar refractivity (Wildman–Crippen MR) is 107 cm³/mol. The van der Waals surface area contributed by atoms with Crippen molar-refractivity contribution in [2.45, 2.75) is 38.6 Å². The largest absolute Gasteiger partial charge is 0.494 e. The standard InChI is InChI=1S/C21H26N2O3S/c1-2-26-17-11-9-16(10-12-17)21(25)22-14-19(24)23-20(15-6-3-4-7-15)18-8-5-13-27-18/h5,8-13,15,20H,2-4,6-7,14H2,1H3,(H,22,25)(H,23,24). The number of hydrogen-bond donors (Lipinski definition) is 2. The molecular weight excluding hydrogens is 360 g/mol. The van der Waals surface area contributed by atoms with Gasteiger partial charge in [-0.25, -0.2) is 0 Å². The molecule has 1 unspecified atom stereocenters. The molecule has 2 N–H and O–H groups in total. The fourth-order valence-electron chi connectivity index (χ4n) is 3.54. The number of nitrogens with one attached hydrogen (secondary N) is 2. The van der Waals surface area contributed by atoms with E-state index in [1.54, 1.807) is 35.6 Å². The van der Waals surface area contributed by atoms with Crippen LogP contribution in [0, 0.1) is 5.92 Å². The van der Waals surface area contributed by atoms with Gasteiger partial charge in [0.2, 0.25) is 5.91 Å². The maximum Gasteiger partial charge on any atom is 0.251 e. The summed E-state index contributed by atoms with van der Waals surface area (Å²) in [5.74, 6) is 0.790. The molecule has 0 radical (unpaired) electrons. The van der Waals surface area contributed by atoms with Crippen molar-refractivity contribution in [1.29, 1.82) is 0 Å². The van der Waals surface area contributed by atoms with Crippen LogP contribution in [0.2, 0.25) is 0 Å². The molecule has 1 aliphatic rings. The molecule has 0 bridgehead atoms. The van der Waals surface area contributed by atoms with Crippen LogP contribution in [0.3, 0.4) is 0 Å². The van der Waals surface area contributed by atoms with Gasteiger partial charge in [-0.15, -0.1) is 11.3 Å². The highest BCUT2D eigenvalue weighted by Gasteiger charge is 2.28. The molecule has 2 amide bonds. The van der Waals surface area contributed by atoms with Crippen molar-refractivity contribution < 1.29 is 14.3 Å². The third-order valence-corrected chi connectivity index (χ3v) is 5.83. The molecule has 5 nitrogen and oxygen atoms in total. The van der Waals surface area contributed by atoms with E-state index < -0.39 is 0 Å². The minimum Gasteiger partial charge on any atom is -0.494 e. The molecule has 2 aromatic rings. The second-order valence-electron chi connectivity index (χ2n) is 6.75. The Morgan fingerprint density at radius 3 is 2.56 bits per heavy atom. The van der Waals surface area contributed by atoms with Crippen LogP contribution in [-0.4, -0.2) is 25.0 Å². The summed E-state index contributed by atoms with van der Waals surface area (Å²) in [5, 5.41) is 7.87. The van der Waals surface area contributed by atoms with E-state index in [1.807, 2.05) is 18.4 Å². The smallest absolute Gasteiger partial charge is 0.251 e. The van der Waals surface area contributed by atoms with Crippen LogP contribution in [0.25, 0.3) is 0 Å². The Hall–Kier alpha value is -2.34. The van der Waals surface area contributed by atoms with E-state index in [9.17, 15) is 9.59 Å². The highest BCUT2D eigenvalue weighted by atomic mass is 32.1. The summed E-state index contributed by atoms with van der Waals surface area (Å²) in [7, 11) is 0. The van der Waals surface area contributed by atoms with Gasteiger partial charge >= 0.3 is 0 Å². The van der Waals surface area contributed by atoms with Crippen molar-refractivity contribution in [2.24, 2.45) is 5.92 Å². The van der Waals surface area contributed by atoms with Gasteiger partial charge in [0.25, 0.3) is 5.91 Å². The van der Waals surface area contributed by atoms with Crippen LogP contribution in [-0.2, 0) is 4.79 Å². The summed E-state index contributed by atoms with van der Waals surface area (Å²) < 4.78 is 5.37. The third kappa shape index (κ3) is 5.32. The molecule has 1 fully saturated rings. The minimum absolute atomic E-state index is 0.0271. The molecule has 0 saturated heterocycles. The van der Waals surface area contributed by atoms with Gasteiger partial charge in [0.15, 0.2) is 0 Å². The van der Waals surface area contributed by atoms with E-state index in [4.69, 9.17) is 4.74 Å². The number of carbonyl (C=O) groups excluding carboxylic acids is 2. The number of hydrogen-bond acceptors (Lipinski definition) is 4. The normalized spacial score (nSPS) is 15.3. The summed E-state index contributed by atoms with van der Waals surface area (Å²) in [4.78, 5) is 25.9. The number of thiophene rings is 1.